The van der Waals surface area contributed by atoms with Crippen LogP contribution < -0.4 is 0 Å². The average Bonchev–Trinajstić information content (AvgIpc) is 2.70. The fraction of sp³-hybridized carbons (Fsp3) is 0.714. The molecule has 0 amide bonds. The molecule has 1 heterocycles. The Morgan fingerprint density at radius 2 is 1.77 bits per heavy atom. The molecular formula is C14H22O7U. The van der Waals surface area contributed by atoms with Crippen LogP contribution in [0.3, 0.4) is 0 Å². The van der Waals surface area contributed by atoms with Gasteiger partial charge in [-0.3, -0.25) is 11.2 Å². The van der Waals surface area contributed by atoms with E-state index in [-0.39, 0.29) is 31.1 Å². The van der Waals surface area contributed by atoms with Crippen LogP contribution in [-0.2, 0) is 33.3 Å². The van der Waals surface area contributed by atoms with Crippen molar-refractivity contribution in [3.05, 3.63) is 12.5 Å². The van der Waals surface area contributed by atoms with Crippen LogP contribution in [0.1, 0.15) is 27.7 Å². The topological polar surface area (TPSA) is 80.3 Å². The quantitative estimate of drug-likeness (QED) is 0.368. The van der Waals surface area contributed by atoms with Gasteiger partial charge in [0.15, 0.2) is 11.9 Å². The first-order chi connectivity index (χ1) is 9.70. The van der Waals surface area contributed by atoms with Crippen LogP contribution in [0, 0.1) is 43.6 Å². The predicted molar refractivity (Wildman–Crippen MR) is 71.6 cm³/mol. The zero-order valence-electron chi connectivity index (χ0n) is 13.7. The molecule has 1 saturated heterocycles. The summed E-state index contributed by atoms with van der Waals surface area (Å²) in [5.74, 6) is -2.14. The van der Waals surface area contributed by atoms with Crippen molar-refractivity contribution in [1.82, 2.24) is 0 Å². The van der Waals surface area contributed by atoms with E-state index in [0.717, 1.165) is 0 Å². The summed E-state index contributed by atoms with van der Waals surface area (Å²) in [6.07, 6.45) is -0.715. The maximum Gasteiger partial charge on any atom is 2.00 e. The first kappa shape index (κ1) is 21.9. The third kappa shape index (κ3) is 6.17. The Morgan fingerprint density at radius 1 is 1.18 bits per heavy atom. The molecule has 1 rings (SSSR count). The van der Waals surface area contributed by atoms with Crippen LogP contribution in [0.25, 0.3) is 0 Å². The van der Waals surface area contributed by atoms with Crippen LogP contribution >= 0.6 is 0 Å². The monoisotopic (exact) mass is 540 g/mol. The fourth-order valence-corrected chi connectivity index (χ4v) is 1.94. The van der Waals surface area contributed by atoms with Gasteiger partial charge in [-0.2, -0.15) is 13.8 Å². The zero-order chi connectivity index (χ0) is 16.2. The van der Waals surface area contributed by atoms with Crippen molar-refractivity contribution >= 4 is 11.9 Å². The average molecular weight is 540 g/mol. The van der Waals surface area contributed by atoms with Crippen molar-refractivity contribution in [3.8, 4) is 0 Å². The molecule has 7 nitrogen and oxygen atoms in total. The summed E-state index contributed by atoms with van der Waals surface area (Å²) in [6, 6.07) is 0. The fourth-order valence-electron chi connectivity index (χ4n) is 1.94. The molecule has 3 atom stereocenters. The molecule has 1 aliphatic heterocycles. The number of rotatable bonds is 6. The maximum absolute atomic E-state index is 11.7. The molecule has 124 valence electrons. The maximum atomic E-state index is 11.7. The first-order valence-electron chi connectivity index (χ1n) is 6.53. The van der Waals surface area contributed by atoms with Crippen molar-refractivity contribution in [2.75, 3.05) is 14.2 Å². The molecule has 0 saturated carbocycles. The number of ether oxygens (including phenoxy) is 5. The second kappa shape index (κ2) is 9.24. The molecule has 0 N–H and O–H groups in total. The van der Waals surface area contributed by atoms with Gasteiger partial charge in [-0.1, -0.05) is 0 Å². The molecule has 0 aromatic heterocycles. The minimum absolute atomic E-state index is 0. The molecule has 0 bridgehead atoms. The Bertz CT molecular complexity index is 383. The van der Waals surface area contributed by atoms with Gasteiger partial charge in [0.2, 0.25) is 0 Å². The van der Waals surface area contributed by atoms with Crippen LogP contribution in [0.15, 0.2) is 0 Å². The molecular weight excluding hydrogens is 518 g/mol. The number of esters is 2. The van der Waals surface area contributed by atoms with Crippen molar-refractivity contribution in [1.29, 1.82) is 0 Å². The molecule has 0 unspecified atom stereocenters. The molecule has 1 aliphatic rings. The summed E-state index contributed by atoms with van der Waals surface area (Å²) >= 11 is 0. The third-order valence-electron chi connectivity index (χ3n) is 2.72. The van der Waals surface area contributed by atoms with Gasteiger partial charge in [0.1, 0.15) is 0 Å². The van der Waals surface area contributed by atoms with Crippen LogP contribution in [0.2, 0.25) is 0 Å². The van der Waals surface area contributed by atoms with Crippen molar-refractivity contribution in [2.45, 2.75) is 51.8 Å². The largest absolute Gasteiger partial charge is 2.00 e. The summed E-state index contributed by atoms with van der Waals surface area (Å²) in [4.78, 5) is 23.5. The van der Waals surface area contributed by atoms with Crippen LogP contribution in [-0.4, -0.2) is 50.3 Å². The van der Waals surface area contributed by atoms with Gasteiger partial charge in [0.05, 0.1) is 14.2 Å². The Kier molecular flexibility index (Phi) is 9.18. The van der Waals surface area contributed by atoms with Gasteiger partial charge in [0.25, 0.3) is 5.97 Å². The van der Waals surface area contributed by atoms with Gasteiger partial charge in [-0.15, -0.1) is 0 Å². The predicted octanol–water partition coefficient (Wildman–Crippen LogP) is 1.01. The molecule has 0 aromatic rings. The standard InChI is InChI=1S/C14H22O7.U/c1-8(2)19-10(12(15)17-5)7-9-11(13(16)18-6)21-14(3,4)20-9;/h7,9-11H,1-6H3;/q-2;+2/t9-,10-,11+;/m1./s1. The van der Waals surface area contributed by atoms with Crippen molar-refractivity contribution < 1.29 is 64.4 Å². The van der Waals surface area contributed by atoms with Crippen LogP contribution in [0.4, 0.5) is 0 Å². The number of hydrogen-bond acceptors (Lipinski definition) is 7. The number of hydrogen-bond donors (Lipinski definition) is 0. The molecule has 1 fully saturated rings. The van der Waals surface area contributed by atoms with Crippen molar-refractivity contribution in [2.24, 2.45) is 0 Å². The van der Waals surface area contributed by atoms with E-state index in [9.17, 15) is 9.59 Å². The molecule has 0 spiro atoms. The summed E-state index contributed by atoms with van der Waals surface area (Å²) < 4.78 is 25.9. The van der Waals surface area contributed by atoms with Gasteiger partial charge in [0, 0.05) is 0 Å². The van der Waals surface area contributed by atoms with Crippen LogP contribution in [0.5, 0.6) is 0 Å². The number of carbonyl (C=O) groups is 2. The summed E-state index contributed by atoms with van der Waals surface area (Å²) in [5, 5.41) is 0. The molecule has 0 aliphatic carbocycles. The SMILES string of the molecule is COC(=O)[C@H]1OC(C)(C)O[C@@H]1[CH-][C@@H](O[C-](C)C)C(=O)OC.[U+2]. The minimum Gasteiger partial charge on any atom is -0.562 e. The molecule has 8 heteroatoms. The third-order valence-corrected chi connectivity index (χ3v) is 2.72. The van der Waals surface area contributed by atoms with Gasteiger partial charge >= 0.3 is 37.1 Å². The van der Waals surface area contributed by atoms with E-state index in [1.807, 2.05) is 0 Å². The van der Waals surface area contributed by atoms with E-state index in [0.29, 0.717) is 6.10 Å². The number of methoxy groups -OCH3 is 2. The molecule has 0 aromatic carbocycles. The molecule has 22 heavy (non-hydrogen) atoms. The van der Waals surface area contributed by atoms with E-state index >= 15 is 0 Å². The van der Waals surface area contributed by atoms with Gasteiger partial charge < -0.3 is 23.7 Å². The van der Waals surface area contributed by atoms with E-state index in [4.69, 9.17) is 14.2 Å². The smallest absolute Gasteiger partial charge is 0.562 e. The number of carbonyl (C=O) groups excluding carboxylic acids is 2. The van der Waals surface area contributed by atoms with E-state index < -0.39 is 36.0 Å². The Balaban J connectivity index is 0.00000441. The second-order valence-corrected chi connectivity index (χ2v) is 5.21. The summed E-state index contributed by atoms with van der Waals surface area (Å²) in [5.41, 5.74) is 0. The van der Waals surface area contributed by atoms with E-state index in [2.05, 4.69) is 9.47 Å². The minimum atomic E-state index is -0.991. The first-order valence-corrected chi connectivity index (χ1v) is 6.53. The summed E-state index contributed by atoms with van der Waals surface area (Å²) in [7, 11) is 2.51. The van der Waals surface area contributed by atoms with E-state index in [1.165, 1.54) is 20.6 Å². The molecule has 0 radical (unpaired) electrons. The Hall–Kier alpha value is -0.128. The normalized spacial score (nSPS) is 24.5. The van der Waals surface area contributed by atoms with Crippen molar-refractivity contribution in [3.63, 3.8) is 0 Å². The van der Waals surface area contributed by atoms with Gasteiger partial charge in [-0.05, 0) is 26.1 Å². The van der Waals surface area contributed by atoms with Gasteiger partial charge in [-0.25, -0.2) is 10.9 Å². The Morgan fingerprint density at radius 3 is 2.23 bits per heavy atom. The zero-order valence-corrected chi connectivity index (χ0v) is 17.8. The second-order valence-electron chi connectivity index (χ2n) is 5.21. The van der Waals surface area contributed by atoms with E-state index in [1.54, 1.807) is 27.7 Å². The summed E-state index contributed by atoms with van der Waals surface area (Å²) in [6.45, 7) is 6.75. The Labute approximate surface area is 154 Å².